The molecule has 0 bridgehead atoms. The summed E-state index contributed by atoms with van der Waals surface area (Å²) in [5.74, 6) is 0.735. The fourth-order valence-corrected chi connectivity index (χ4v) is 3.41. The molecule has 114 valence electrons. The first-order valence-corrected chi connectivity index (χ1v) is 8.35. The maximum atomic E-state index is 13.1. The molecule has 1 nitrogen and oxygen atoms in total. The molecule has 0 aliphatic rings. The Labute approximate surface area is 129 Å². The Balaban J connectivity index is 2.90. The van der Waals surface area contributed by atoms with E-state index in [2.05, 4.69) is 38.3 Å². The fourth-order valence-electron chi connectivity index (χ4n) is 2.99. The van der Waals surface area contributed by atoms with Gasteiger partial charge in [-0.05, 0) is 55.2 Å². The van der Waals surface area contributed by atoms with Gasteiger partial charge in [-0.2, -0.15) is 12.6 Å². The van der Waals surface area contributed by atoms with E-state index in [4.69, 9.17) is 0 Å². The van der Waals surface area contributed by atoms with Crippen LogP contribution in [0.15, 0.2) is 24.3 Å². The highest BCUT2D eigenvalue weighted by molar-refractivity contribution is 7.80. The molecule has 0 saturated carbocycles. The van der Waals surface area contributed by atoms with Crippen molar-refractivity contribution in [2.45, 2.75) is 46.5 Å². The average Bonchev–Trinajstić information content (AvgIpc) is 2.46. The zero-order chi connectivity index (χ0) is 15.0. The first-order chi connectivity index (χ1) is 9.60. The summed E-state index contributed by atoms with van der Waals surface area (Å²) in [5, 5.41) is 0. The van der Waals surface area contributed by atoms with Crippen LogP contribution in [0.3, 0.4) is 0 Å². The molecular formula is C17H28FNS. The third-order valence-corrected chi connectivity index (χ3v) is 4.67. The summed E-state index contributed by atoms with van der Waals surface area (Å²) in [6, 6.07) is 6.83. The van der Waals surface area contributed by atoms with Crippen LogP contribution in [0, 0.1) is 11.2 Å². The number of nitrogens with zero attached hydrogens (tertiary/aromatic N) is 1. The third-order valence-electron chi connectivity index (χ3n) is 4.00. The van der Waals surface area contributed by atoms with E-state index in [1.165, 1.54) is 25.7 Å². The summed E-state index contributed by atoms with van der Waals surface area (Å²) in [4.78, 5) is 2.35. The molecule has 0 fully saturated rings. The molecule has 0 aliphatic carbocycles. The Morgan fingerprint density at radius 2 is 1.60 bits per heavy atom. The van der Waals surface area contributed by atoms with E-state index in [9.17, 15) is 4.39 Å². The average molecular weight is 297 g/mol. The molecule has 3 heteroatoms. The summed E-state index contributed by atoms with van der Waals surface area (Å²) in [6.45, 7) is 8.57. The number of rotatable bonds is 9. The molecule has 0 radical (unpaired) electrons. The minimum Gasteiger partial charge on any atom is -0.371 e. The van der Waals surface area contributed by atoms with Gasteiger partial charge in [0.15, 0.2) is 0 Å². The lowest BCUT2D eigenvalue weighted by Gasteiger charge is -2.38. The highest BCUT2D eigenvalue weighted by atomic mass is 32.1. The quantitative estimate of drug-likeness (QED) is 0.616. The van der Waals surface area contributed by atoms with Gasteiger partial charge in [0.1, 0.15) is 5.82 Å². The second kappa shape index (κ2) is 8.56. The van der Waals surface area contributed by atoms with Gasteiger partial charge in [-0.1, -0.05) is 26.7 Å². The van der Waals surface area contributed by atoms with Crippen LogP contribution in [0.5, 0.6) is 0 Å². The van der Waals surface area contributed by atoms with Crippen molar-refractivity contribution in [1.82, 2.24) is 0 Å². The highest BCUT2D eigenvalue weighted by Crippen LogP contribution is 2.33. The van der Waals surface area contributed by atoms with Gasteiger partial charge in [0.2, 0.25) is 0 Å². The molecule has 1 aromatic carbocycles. The Kier molecular flexibility index (Phi) is 7.42. The van der Waals surface area contributed by atoms with Gasteiger partial charge in [0, 0.05) is 18.8 Å². The van der Waals surface area contributed by atoms with Gasteiger partial charge in [0.05, 0.1) is 0 Å². The van der Waals surface area contributed by atoms with Crippen molar-refractivity contribution in [3.63, 3.8) is 0 Å². The lowest BCUT2D eigenvalue weighted by Crippen LogP contribution is -2.39. The van der Waals surface area contributed by atoms with E-state index in [1.807, 2.05) is 12.1 Å². The standard InChI is InChI=1S/C17H28FNS/c1-4-11-17(14-20,12-5-2)13-19(6-3)16-9-7-15(18)8-10-16/h7-10,20H,4-6,11-14H2,1-3H3. The van der Waals surface area contributed by atoms with Crippen LogP contribution in [0.2, 0.25) is 0 Å². The largest absolute Gasteiger partial charge is 0.371 e. The Morgan fingerprint density at radius 1 is 1.05 bits per heavy atom. The summed E-state index contributed by atoms with van der Waals surface area (Å²) in [7, 11) is 0. The van der Waals surface area contributed by atoms with E-state index in [-0.39, 0.29) is 11.2 Å². The summed E-state index contributed by atoms with van der Waals surface area (Å²) < 4.78 is 13.1. The minimum absolute atomic E-state index is 0.174. The summed E-state index contributed by atoms with van der Waals surface area (Å²) >= 11 is 4.62. The molecular weight excluding hydrogens is 269 g/mol. The lowest BCUT2D eigenvalue weighted by molar-refractivity contribution is 0.279. The van der Waals surface area contributed by atoms with Gasteiger partial charge in [0.25, 0.3) is 0 Å². The minimum atomic E-state index is -0.174. The van der Waals surface area contributed by atoms with E-state index >= 15 is 0 Å². The molecule has 20 heavy (non-hydrogen) atoms. The molecule has 0 heterocycles. The molecule has 0 aliphatic heterocycles. The topological polar surface area (TPSA) is 3.24 Å². The number of thiol groups is 1. The first kappa shape index (κ1) is 17.4. The summed E-state index contributed by atoms with van der Waals surface area (Å²) in [6.07, 6.45) is 4.76. The molecule has 0 spiro atoms. The monoisotopic (exact) mass is 297 g/mol. The normalized spacial score (nSPS) is 11.7. The van der Waals surface area contributed by atoms with Crippen LogP contribution in [0.4, 0.5) is 10.1 Å². The van der Waals surface area contributed by atoms with Gasteiger partial charge in [-0.25, -0.2) is 4.39 Å². The third kappa shape index (κ3) is 4.69. The van der Waals surface area contributed by atoms with Crippen molar-refractivity contribution < 1.29 is 4.39 Å². The van der Waals surface area contributed by atoms with Gasteiger partial charge >= 0.3 is 0 Å². The first-order valence-electron chi connectivity index (χ1n) is 7.72. The number of halogens is 1. The zero-order valence-corrected chi connectivity index (χ0v) is 13.9. The second-order valence-corrected chi connectivity index (χ2v) is 5.96. The maximum Gasteiger partial charge on any atom is 0.123 e. The Hall–Kier alpha value is -0.700. The van der Waals surface area contributed by atoms with Crippen molar-refractivity contribution >= 4 is 18.3 Å². The zero-order valence-electron chi connectivity index (χ0n) is 13.0. The molecule has 0 atom stereocenters. The van der Waals surface area contributed by atoms with E-state index in [1.54, 1.807) is 12.1 Å². The number of hydrogen-bond donors (Lipinski definition) is 1. The number of anilines is 1. The molecule has 0 aromatic heterocycles. The predicted octanol–water partition coefficient (Wildman–Crippen LogP) is 5.17. The molecule has 1 rings (SSSR count). The molecule has 0 unspecified atom stereocenters. The lowest BCUT2D eigenvalue weighted by atomic mass is 9.80. The van der Waals surface area contributed by atoms with Crippen molar-refractivity contribution in [2.24, 2.45) is 5.41 Å². The Morgan fingerprint density at radius 3 is 2.00 bits per heavy atom. The number of benzene rings is 1. The van der Waals surface area contributed by atoms with E-state index in [0.717, 1.165) is 24.5 Å². The van der Waals surface area contributed by atoms with Crippen molar-refractivity contribution in [3.05, 3.63) is 30.1 Å². The molecule has 0 saturated heterocycles. The van der Waals surface area contributed by atoms with Crippen molar-refractivity contribution in [1.29, 1.82) is 0 Å². The van der Waals surface area contributed by atoms with Crippen LogP contribution < -0.4 is 4.90 Å². The maximum absolute atomic E-state index is 13.1. The van der Waals surface area contributed by atoms with Gasteiger partial charge < -0.3 is 4.90 Å². The van der Waals surface area contributed by atoms with Crippen LogP contribution in [0.1, 0.15) is 46.5 Å². The highest BCUT2D eigenvalue weighted by Gasteiger charge is 2.29. The molecule has 0 amide bonds. The molecule has 1 aromatic rings. The van der Waals surface area contributed by atoms with Crippen molar-refractivity contribution in [2.75, 3.05) is 23.7 Å². The van der Waals surface area contributed by atoms with Crippen molar-refractivity contribution in [3.8, 4) is 0 Å². The Bertz CT molecular complexity index is 371. The van der Waals surface area contributed by atoms with Gasteiger partial charge in [-0.15, -0.1) is 0 Å². The summed E-state index contributed by atoms with van der Waals surface area (Å²) in [5.41, 5.74) is 1.36. The van der Waals surface area contributed by atoms with Gasteiger partial charge in [-0.3, -0.25) is 0 Å². The smallest absolute Gasteiger partial charge is 0.123 e. The number of hydrogen-bond acceptors (Lipinski definition) is 2. The van der Waals surface area contributed by atoms with Crippen LogP contribution in [0.25, 0.3) is 0 Å². The predicted molar refractivity (Wildman–Crippen MR) is 90.4 cm³/mol. The second-order valence-electron chi connectivity index (χ2n) is 5.65. The van der Waals surface area contributed by atoms with Crippen LogP contribution in [-0.2, 0) is 0 Å². The van der Waals surface area contributed by atoms with Crippen LogP contribution >= 0.6 is 12.6 Å². The van der Waals surface area contributed by atoms with E-state index in [0.29, 0.717) is 0 Å². The molecule has 0 N–H and O–H groups in total. The van der Waals surface area contributed by atoms with E-state index < -0.39 is 0 Å². The fraction of sp³-hybridized carbons (Fsp3) is 0.647. The van der Waals surface area contributed by atoms with Crippen LogP contribution in [-0.4, -0.2) is 18.8 Å². The SMILES string of the molecule is CCCC(CS)(CCC)CN(CC)c1ccc(F)cc1.